The van der Waals surface area contributed by atoms with E-state index in [-0.39, 0.29) is 10.7 Å². The monoisotopic (exact) mass is 357 g/mol. The van der Waals surface area contributed by atoms with Crippen molar-refractivity contribution in [3.8, 4) is 0 Å². The van der Waals surface area contributed by atoms with E-state index in [1.165, 1.54) is 12.1 Å². The Morgan fingerprint density at radius 3 is 2.20 bits per heavy atom. The average molecular weight is 357 g/mol. The van der Waals surface area contributed by atoms with E-state index >= 15 is 0 Å². The number of hydrogen-bond acceptors (Lipinski definition) is 4. The van der Waals surface area contributed by atoms with Crippen molar-refractivity contribution >= 4 is 27.1 Å². The van der Waals surface area contributed by atoms with E-state index in [4.69, 9.17) is 9.88 Å². The SMILES string of the molecule is Cc1cccc(C2=C(c3ccc(S(N)(=O)=O)cc3)OC(C)(C)C2=O)c1. The first-order valence-corrected chi connectivity index (χ1v) is 9.32. The number of hydrogen-bond donors (Lipinski definition) is 1. The van der Waals surface area contributed by atoms with E-state index in [1.807, 2.05) is 31.2 Å². The van der Waals surface area contributed by atoms with Gasteiger partial charge in [0.1, 0.15) is 5.76 Å². The van der Waals surface area contributed by atoms with Gasteiger partial charge in [0.05, 0.1) is 10.5 Å². The lowest BCUT2D eigenvalue weighted by Gasteiger charge is -2.17. The minimum absolute atomic E-state index is 0.0116. The molecule has 0 aliphatic carbocycles. The van der Waals surface area contributed by atoms with E-state index in [9.17, 15) is 13.2 Å². The fourth-order valence-corrected chi connectivity index (χ4v) is 3.33. The van der Waals surface area contributed by atoms with Gasteiger partial charge in [-0.1, -0.05) is 29.8 Å². The highest BCUT2D eigenvalue weighted by Crippen LogP contribution is 2.41. The van der Waals surface area contributed by atoms with Crippen LogP contribution in [0.4, 0.5) is 0 Å². The van der Waals surface area contributed by atoms with Gasteiger partial charge in [-0.2, -0.15) is 0 Å². The van der Waals surface area contributed by atoms with E-state index in [2.05, 4.69) is 0 Å². The van der Waals surface area contributed by atoms with Gasteiger partial charge in [0.25, 0.3) is 0 Å². The lowest BCUT2D eigenvalue weighted by atomic mass is 9.92. The molecule has 1 heterocycles. The average Bonchev–Trinajstić information content (AvgIpc) is 2.77. The third-order valence-electron chi connectivity index (χ3n) is 4.11. The lowest BCUT2D eigenvalue weighted by molar-refractivity contribution is -0.125. The molecule has 2 aromatic rings. The largest absolute Gasteiger partial charge is 0.478 e. The van der Waals surface area contributed by atoms with Crippen molar-refractivity contribution in [2.75, 3.05) is 0 Å². The first-order valence-electron chi connectivity index (χ1n) is 7.78. The summed E-state index contributed by atoms with van der Waals surface area (Å²) in [6, 6.07) is 13.6. The van der Waals surface area contributed by atoms with Crippen LogP contribution < -0.4 is 5.14 Å². The van der Waals surface area contributed by atoms with Crippen LogP contribution >= 0.6 is 0 Å². The van der Waals surface area contributed by atoms with Crippen LogP contribution in [0.5, 0.6) is 0 Å². The molecular weight excluding hydrogens is 338 g/mol. The summed E-state index contributed by atoms with van der Waals surface area (Å²) in [5.41, 5.74) is 1.96. The van der Waals surface area contributed by atoms with E-state index in [1.54, 1.807) is 26.0 Å². The van der Waals surface area contributed by atoms with Crippen molar-refractivity contribution in [2.45, 2.75) is 31.3 Å². The highest BCUT2D eigenvalue weighted by Gasteiger charge is 2.42. The Morgan fingerprint density at radius 1 is 1.00 bits per heavy atom. The molecule has 0 unspecified atom stereocenters. The molecule has 5 nitrogen and oxygen atoms in total. The number of ketones is 1. The molecule has 0 atom stereocenters. The van der Waals surface area contributed by atoms with Gasteiger partial charge in [-0.25, -0.2) is 13.6 Å². The molecule has 0 saturated carbocycles. The summed E-state index contributed by atoms with van der Waals surface area (Å²) in [5.74, 6) is 0.338. The normalized spacial score (nSPS) is 16.9. The molecule has 2 aromatic carbocycles. The van der Waals surface area contributed by atoms with E-state index in [0.29, 0.717) is 16.9 Å². The molecule has 0 amide bonds. The number of aryl methyl sites for hydroxylation is 1. The second-order valence-corrected chi connectivity index (χ2v) is 8.15. The van der Waals surface area contributed by atoms with E-state index in [0.717, 1.165) is 11.1 Å². The molecule has 1 aliphatic heterocycles. The van der Waals surface area contributed by atoms with Crippen molar-refractivity contribution in [1.29, 1.82) is 0 Å². The smallest absolute Gasteiger partial charge is 0.238 e. The lowest BCUT2D eigenvalue weighted by Crippen LogP contribution is -2.29. The summed E-state index contributed by atoms with van der Waals surface area (Å²) < 4.78 is 28.8. The summed E-state index contributed by atoms with van der Waals surface area (Å²) in [6.45, 7) is 5.39. The van der Waals surface area contributed by atoms with Crippen molar-refractivity contribution in [2.24, 2.45) is 5.14 Å². The Hall–Kier alpha value is -2.44. The second kappa shape index (κ2) is 5.82. The summed E-state index contributed by atoms with van der Waals surface area (Å²) >= 11 is 0. The third kappa shape index (κ3) is 3.23. The molecule has 0 saturated heterocycles. The number of primary sulfonamides is 1. The molecule has 0 spiro atoms. The number of ether oxygens (including phenoxy) is 1. The molecule has 0 fully saturated rings. The summed E-state index contributed by atoms with van der Waals surface area (Å²) in [6.07, 6.45) is 0. The van der Waals surface area contributed by atoms with Crippen molar-refractivity contribution in [1.82, 2.24) is 0 Å². The van der Waals surface area contributed by atoms with Crippen LogP contribution in [0.15, 0.2) is 53.4 Å². The molecule has 0 aromatic heterocycles. The Bertz CT molecular complexity index is 986. The molecule has 6 heteroatoms. The quantitative estimate of drug-likeness (QED) is 0.915. The summed E-state index contributed by atoms with van der Waals surface area (Å²) in [5, 5.41) is 5.14. The Morgan fingerprint density at radius 2 is 1.64 bits per heavy atom. The molecule has 3 rings (SSSR count). The molecule has 0 bridgehead atoms. The van der Waals surface area contributed by atoms with Gasteiger partial charge in [0.2, 0.25) is 15.8 Å². The van der Waals surface area contributed by atoms with Gasteiger partial charge in [-0.15, -0.1) is 0 Å². The van der Waals surface area contributed by atoms with Gasteiger partial charge in [-0.05, 0) is 50.6 Å². The Balaban J connectivity index is 2.17. The fourth-order valence-electron chi connectivity index (χ4n) is 2.82. The zero-order chi connectivity index (χ0) is 18.4. The Kier molecular flexibility index (Phi) is 4.05. The minimum Gasteiger partial charge on any atom is -0.478 e. The van der Waals surface area contributed by atoms with Gasteiger partial charge < -0.3 is 4.74 Å². The van der Waals surface area contributed by atoms with Gasteiger partial charge in [0, 0.05) is 5.56 Å². The van der Waals surface area contributed by atoms with Crippen LogP contribution in [0.1, 0.15) is 30.5 Å². The zero-order valence-electron chi connectivity index (χ0n) is 14.2. The summed E-state index contributed by atoms with van der Waals surface area (Å²) in [7, 11) is -3.77. The number of carbonyl (C=O) groups is 1. The molecule has 2 N–H and O–H groups in total. The molecule has 0 radical (unpaired) electrons. The highest BCUT2D eigenvalue weighted by molar-refractivity contribution is 7.89. The molecule has 1 aliphatic rings. The number of rotatable bonds is 3. The summed E-state index contributed by atoms with van der Waals surface area (Å²) in [4.78, 5) is 12.9. The number of carbonyl (C=O) groups excluding carboxylic acids is 1. The second-order valence-electron chi connectivity index (χ2n) is 6.58. The predicted molar refractivity (Wildman–Crippen MR) is 96.0 cm³/mol. The minimum atomic E-state index is -3.77. The maximum absolute atomic E-state index is 12.8. The van der Waals surface area contributed by atoms with Crippen molar-refractivity contribution in [3.05, 3.63) is 65.2 Å². The first-order chi connectivity index (χ1) is 11.6. The van der Waals surface area contributed by atoms with Crippen molar-refractivity contribution < 1.29 is 17.9 Å². The number of Topliss-reactive ketones (excluding diaryl/α,β-unsaturated/α-hetero) is 1. The van der Waals surface area contributed by atoms with Crippen LogP contribution in [0.2, 0.25) is 0 Å². The molecular formula is C19H19NO4S. The maximum atomic E-state index is 12.8. The molecule has 25 heavy (non-hydrogen) atoms. The van der Waals surface area contributed by atoms with Crippen LogP contribution in [0, 0.1) is 6.92 Å². The highest BCUT2D eigenvalue weighted by atomic mass is 32.2. The fraction of sp³-hybridized carbons (Fsp3) is 0.211. The number of nitrogens with two attached hydrogens (primary N) is 1. The van der Waals surface area contributed by atoms with Gasteiger partial charge in [0.15, 0.2) is 5.60 Å². The predicted octanol–water partition coefficient (Wildman–Crippen LogP) is 2.89. The van der Waals surface area contributed by atoms with Crippen molar-refractivity contribution in [3.63, 3.8) is 0 Å². The molecule has 130 valence electrons. The van der Waals surface area contributed by atoms with Gasteiger partial charge >= 0.3 is 0 Å². The maximum Gasteiger partial charge on any atom is 0.238 e. The van der Waals surface area contributed by atoms with Crippen LogP contribution in [-0.2, 0) is 19.6 Å². The van der Waals surface area contributed by atoms with Gasteiger partial charge in [-0.3, -0.25) is 4.79 Å². The zero-order valence-corrected chi connectivity index (χ0v) is 15.1. The third-order valence-corrected chi connectivity index (χ3v) is 5.04. The number of sulfonamides is 1. The standard InChI is InChI=1S/C19H19NO4S/c1-12-5-4-6-14(11-12)16-17(24-19(2,3)18(16)21)13-7-9-15(10-8-13)25(20,22)23/h4-11H,1-3H3,(H2,20,22,23). The first kappa shape index (κ1) is 17.4. The van der Waals surface area contributed by atoms with E-state index < -0.39 is 15.6 Å². The topological polar surface area (TPSA) is 86.5 Å². The van der Waals surface area contributed by atoms with Crippen LogP contribution in [0.25, 0.3) is 11.3 Å². The van der Waals surface area contributed by atoms with Crippen LogP contribution in [0.3, 0.4) is 0 Å². The Labute approximate surface area is 147 Å². The van der Waals surface area contributed by atoms with Crippen LogP contribution in [-0.4, -0.2) is 19.8 Å². The number of benzene rings is 2.